The van der Waals surface area contributed by atoms with Crippen molar-refractivity contribution in [2.75, 3.05) is 0 Å². The van der Waals surface area contributed by atoms with Gasteiger partial charge >= 0.3 is 0 Å². The SMILES string of the molecule is CC(C)(C)c1ccc(Oc2nnc(CCl)s2)cc1. The number of benzene rings is 1. The van der Waals surface area contributed by atoms with Crippen molar-refractivity contribution in [1.82, 2.24) is 10.2 Å². The van der Waals surface area contributed by atoms with Crippen LogP contribution in [0.2, 0.25) is 0 Å². The zero-order valence-electron chi connectivity index (χ0n) is 10.6. The summed E-state index contributed by atoms with van der Waals surface area (Å²) in [6.07, 6.45) is 0. The van der Waals surface area contributed by atoms with E-state index in [2.05, 4.69) is 43.1 Å². The van der Waals surface area contributed by atoms with Crippen LogP contribution in [0.1, 0.15) is 31.3 Å². The van der Waals surface area contributed by atoms with E-state index >= 15 is 0 Å². The summed E-state index contributed by atoms with van der Waals surface area (Å²) in [4.78, 5) is 0. The lowest BCUT2D eigenvalue weighted by Gasteiger charge is -2.18. The number of ether oxygens (including phenoxy) is 1. The van der Waals surface area contributed by atoms with E-state index in [4.69, 9.17) is 16.3 Å². The molecule has 1 aromatic heterocycles. The zero-order chi connectivity index (χ0) is 13.2. The topological polar surface area (TPSA) is 35.0 Å². The Morgan fingerprint density at radius 1 is 1.17 bits per heavy atom. The number of nitrogens with zero attached hydrogens (tertiary/aromatic N) is 2. The van der Waals surface area contributed by atoms with Gasteiger partial charge in [-0.25, -0.2) is 0 Å². The molecule has 1 aromatic carbocycles. The molecule has 0 atom stereocenters. The summed E-state index contributed by atoms with van der Waals surface area (Å²) in [5, 5.41) is 9.10. The van der Waals surface area contributed by atoms with Gasteiger partial charge in [0.2, 0.25) is 0 Å². The van der Waals surface area contributed by atoms with Crippen molar-refractivity contribution in [2.45, 2.75) is 32.1 Å². The molecule has 0 N–H and O–H groups in total. The summed E-state index contributed by atoms with van der Waals surface area (Å²) in [6.45, 7) is 6.54. The maximum absolute atomic E-state index is 5.67. The van der Waals surface area contributed by atoms with Crippen LogP contribution >= 0.6 is 22.9 Å². The third-order valence-corrected chi connectivity index (χ3v) is 3.70. The molecule has 0 bridgehead atoms. The molecule has 0 unspecified atom stereocenters. The predicted octanol–water partition coefficient (Wildman–Crippen LogP) is 4.37. The number of hydrogen-bond acceptors (Lipinski definition) is 4. The fraction of sp³-hybridized carbons (Fsp3) is 0.385. The highest BCUT2D eigenvalue weighted by molar-refractivity contribution is 7.13. The number of rotatable bonds is 3. The molecule has 18 heavy (non-hydrogen) atoms. The second-order valence-electron chi connectivity index (χ2n) is 4.97. The van der Waals surface area contributed by atoms with Gasteiger partial charge in [-0.05, 0) is 23.1 Å². The van der Waals surface area contributed by atoms with Gasteiger partial charge < -0.3 is 4.74 Å². The minimum atomic E-state index is 0.146. The summed E-state index contributed by atoms with van der Waals surface area (Å²) < 4.78 is 5.61. The standard InChI is InChI=1S/C13H15ClN2OS/c1-13(2,3)9-4-6-10(7-5-9)17-12-16-15-11(8-14)18-12/h4-7H,8H2,1-3H3. The van der Waals surface area contributed by atoms with Crippen molar-refractivity contribution in [3.05, 3.63) is 34.8 Å². The predicted molar refractivity (Wildman–Crippen MR) is 74.7 cm³/mol. The van der Waals surface area contributed by atoms with Crippen molar-refractivity contribution in [3.63, 3.8) is 0 Å². The van der Waals surface area contributed by atoms with E-state index in [0.29, 0.717) is 11.1 Å². The van der Waals surface area contributed by atoms with E-state index in [0.717, 1.165) is 10.8 Å². The fourth-order valence-electron chi connectivity index (χ4n) is 1.46. The van der Waals surface area contributed by atoms with Crippen LogP contribution in [0.5, 0.6) is 10.9 Å². The van der Waals surface area contributed by atoms with Gasteiger partial charge in [0.25, 0.3) is 5.19 Å². The Balaban J connectivity index is 2.11. The van der Waals surface area contributed by atoms with E-state index in [1.54, 1.807) is 0 Å². The monoisotopic (exact) mass is 282 g/mol. The Bertz CT molecular complexity index is 517. The Labute approximate surface area is 116 Å². The van der Waals surface area contributed by atoms with Crippen LogP contribution in [0.25, 0.3) is 0 Å². The van der Waals surface area contributed by atoms with Crippen molar-refractivity contribution < 1.29 is 4.74 Å². The lowest BCUT2D eigenvalue weighted by molar-refractivity contribution is 0.472. The smallest absolute Gasteiger partial charge is 0.299 e. The highest BCUT2D eigenvalue weighted by atomic mass is 35.5. The van der Waals surface area contributed by atoms with Gasteiger partial charge in [-0.3, -0.25) is 0 Å². The van der Waals surface area contributed by atoms with Crippen LogP contribution in [0.3, 0.4) is 0 Å². The molecule has 0 fully saturated rings. The average molecular weight is 283 g/mol. The molecule has 0 aliphatic rings. The molecule has 0 saturated heterocycles. The Hall–Kier alpha value is -1.13. The van der Waals surface area contributed by atoms with Gasteiger partial charge in [0.05, 0.1) is 5.88 Å². The summed E-state index contributed by atoms with van der Waals surface area (Å²) >= 11 is 7.03. The van der Waals surface area contributed by atoms with Crippen LogP contribution in [0, 0.1) is 0 Å². The fourth-order valence-corrected chi connectivity index (χ4v) is 2.23. The minimum absolute atomic E-state index is 0.146. The quantitative estimate of drug-likeness (QED) is 0.784. The molecule has 3 nitrogen and oxygen atoms in total. The van der Waals surface area contributed by atoms with Gasteiger partial charge in [-0.2, -0.15) is 0 Å². The first-order valence-electron chi connectivity index (χ1n) is 5.66. The Morgan fingerprint density at radius 3 is 2.33 bits per heavy atom. The third kappa shape index (κ3) is 3.21. The maximum Gasteiger partial charge on any atom is 0.299 e. The van der Waals surface area contributed by atoms with Gasteiger partial charge in [-0.15, -0.1) is 16.7 Å². The van der Waals surface area contributed by atoms with E-state index in [-0.39, 0.29) is 5.41 Å². The largest absolute Gasteiger partial charge is 0.430 e. The molecule has 96 valence electrons. The molecule has 2 aromatic rings. The molecule has 0 radical (unpaired) electrons. The van der Waals surface area contributed by atoms with E-state index < -0.39 is 0 Å². The second kappa shape index (κ2) is 5.24. The summed E-state index contributed by atoms with van der Waals surface area (Å²) in [6, 6.07) is 8.03. The Morgan fingerprint density at radius 2 is 1.83 bits per heavy atom. The van der Waals surface area contributed by atoms with E-state index in [9.17, 15) is 0 Å². The first-order valence-corrected chi connectivity index (χ1v) is 7.01. The number of halogens is 1. The first kappa shape index (κ1) is 13.3. The molecule has 1 heterocycles. The third-order valence-electron chi connectivity index (χ3n) is 2.49. The van der Waals surface area contributed by atoms with Crippen LogP contribution in [-0.2, 0) is 11.3 Å². The highest BCUT2D eigenvalue weighted by Gasteiger charge is 2.13. The molecule has 0 spiro atoms. The number of aromatic nitrogens is 2. The normalized spacial score (nSPS) is 11.6. The van der Waals surface area contributed by atoms with E-state index in [1.807, 2.05) is 12.1 Å². The molecule has 2 rings (SSSR count). The second-order valence-corrected chi connectivity index (χ2v) is 6.26. The number of alkyl halides is 1. The highest BCUT2D eigenvalue weighted by Crippen LogP contribution is 2.28. The average Bonchev–Trinajstić information content (AvgIpc) is 2.76. The molecule has 0 saturated carbocycles. The molecular formula is C13H15ClN2OS. The van der Waals surface area contributed by atoms with Gasteiger partial charge in [0, 0.05) is 0 Å². The molecule has 0 aliphatic carbocycles. The van der Waals surface area contributed by atoms with Crippen LogP contribution < -0.4 is 4.74 Å². The zero-order valence-corrected chi connectivity index (χ0v) is 12.2. The van der Waals surface area contributed by atoms with Crippen LogP contribution in [-0.4, -0.2) is 10.2 Å². The Kier molecular flexibility index (Phi) is 3.88. The maximum atomic E-state index is 5.67. The minimum Gasteiger partial charge on any atom is -0.430 e. The molecule has 0 amide bonds. The van der Waals surface area contributed by atoms with Gasteiger partial charge in [0.15, 0.2) is 0 Å². The van der Waals surface area contributed by atoms with Gasteiger partial charge in [-0.1, -0.05) is 49.3 Å². The van der Waals surface area contributed by atoms with Crippen molar-refractivity contribution in [2.24, 2.45) is 0 Å². The summed E-state index contributed by atoms with van der Waals surface area (Å²) in [5.41, 5.74) is 1.42. The first-order chi connectivity index (χ1) is 8.49. The van der Waals surface area contributed by atoms with Crippen molar-refractivity contribution >= 4 is 22.9 Å². The molecule has 0 aliphatic heterocycles. The summed E-state index contributed by atoms with van der Waals surface area (Å²) in [5.74, 6) is 1.13. The molecular weight excluding hydrogens is 268 g/mol. The lowest BCUT2D eigenvalue weighted by atomic mass is 9.87. The van der Waals surface area contributed by atoms with Crippen molar-refractivity contribution in [1.29, 1.82) is 0 Å². The number of hydrogen-bond donors (Lipinski definition) is 0. The van der Waals surface area contributed by atoms with E-state index in [1.165, 1.54) is 16.9 Å². The van der Waals surface area contributed by atoms with Gasteiger partial charge in [0.1, 0.15) is 10.8 Å². The van der Waals surface area contributed by atoms with Crippen molar-refractivity contribution in [3.8, 4) is 10.9 Å². The summed E-state index contributed by atoms with van der Waals surface area (Å²) in [7, 11) is 0. The van der Waals surface area contributed by atoms with Crippen LogP contribution in [0.15, 0.2) is 24.3 Å². The lowest BCUT2D eigenvalue weighted by Crippen LogP contribution is -2.10. The van der Waals surface area contributed by atoms with Crippen LogP contribution in [0.4, 0.5) is 0 Å². The molecule has 5 heteroatoms.